The highest BCUT2D eigenvalue weighted by Gasteiger charge is 2.34. The van der Waals surface area contributed by atoms with E-state index in [1.54, 1.807) is 11.6 Å². The number of carbonyl (C=O) groups excluding carboxylic acids is 1. The first-order chi connectivity index (χ1) is 18.6. The Kier molecular flexibility index (Phi) is 7.47. The van der Waals surface area contributed by atoms with Crippen LogP contribution >= 0.6 is 23.2 Å². The number of anilines is 2. The molecule has 0 aliphatic carbocycles. The maximum absolute atomic E-state index is 13.4. The quantitative estimate of drug-likeness (QED) is 0.316. The molecule has 1 atom stereocenters. The predicted octanol–water partition coefficient (Wildman–Crippen LogP) is 4.93. The van der Waals surface area contributed by atoms with Crippen LogP contribution in [-0.4, -0.2) is 49.7 Å². The van der Waals surface area contributed by atoms with E-state index in [-0.39, 0.29) is 33.3 Å². The first-order valence-electron chi connectivity index (χ1n) is 11.6. The molecule has 4 aromatic heterocycles. The van der Waals surface area contributed by atoms with Gasteiger partial charge < -0.3 is 20.1 Å². The van der Waals surface area contributed by atoms with Gasteiger partial charge in [-0.2, -0.15) is 18.2 Å². The summed E-state index contributed by atoms with van der Waals surface area (Å²) in [5, 5.41) is 6.06. The Labute approximate surface area is 229 Å². The van der Waals surface area contributed by atoms with Crippen LogP contribution in [-0.2, 0) is 24.5 Å². The maximum Gasteiger partial charge on any atom is 0.418 e. The van der Waals surface area contributed by atoms with Crippen LogP contribution in [0.15, 0.2) is 36.8 Å². The molecule has 2 N–H and O–H groups in total. The molecule has 0 aromatic carbocycles. The molecule has 5 rings (SSSR count). The van der Waals surface area contributed by atoms with Gasteiger partial charge in [-0.1, -0.05) is 23.2 Å². The fourth-order valence-electron chi connectivity index (χ4n) is 3.96. The van der Waals surface area contributed by atoms with E-state index >= 15 is 0 Å². The Bertz CT molecular complexity index is 1520. The van der Waals surface area contributed by atoms with Gasteiger partial charge in [0, 0.05) is 32.1 Å². The highest BCUT2D eigenvalue weighted by Crippen LogP contribution is 2.34. The zero-order chi connectivity index (χ0) is 27.7. The standard InChI is InChI=1S/C24H20Cl2F3N7O3/c1-36-20-17(33-23(36)34-19-15(25)8-30-9-16(19)26)7-13(22(35-20)39-12-4-6-38-11-12)21(37)32-10-18-14(24(27,28)29)3-2-5-31-18/h2-3,5,7-9,12H,4,6,10-11H2,1H3,(H,32,37)(H,30,33,34). The minimum absolute atomic E-state index is 0.0106. The third-order valence-corrected chi connectivity index (χ3v) is 6.50. The number of ether oxygens (including phenoxy) is 2. The highest BCUT2D eigenvalue weighted by molar-refractivity contribution is 6.39. The number of pyridine rings is 3. The van der Waals surface area contributed by atoms with Crippen molar-refractivity contribution >= 4 is 51.9 Å². The van der Waals surface area contributed by atoms with E-state index in [9.17, 15) is 18.0 Å². The number of halogens is 5. The van der Waals surface area contributed by atoms with Gasteiger partial charge in [-0.3, -0.25) is 19.3 Å². The number of nitrogens with zero attached hydrogens (tertiary/aromatic N) is 5. The molecule has 0 radical (unpaired) electrons. The molecule has 1 fully saturated rings. The second-order valence-electron chi connectivity index (χ2n) is 8.56. The number of hydrogen-bond donors (Lipinski definition) is 2. The van der Waals surface area contributed by atoms with Gasteiger partial charge in [-0.15, -0.1) is 0 Å². The Morgan fingerprint density at radius 3 is 2.72 bits per heavy atom. The van der Waals surface area contributed by atoms with Crippen molar-refractivity contribution in [3.05, 3.63) is 63.7 Å². The Morgan fingerprint density at radius 2 is 2.03 bits per heavy atom. The molecule has 1 amide bonds. The molecule has 5 heterocycles. The predicted molar refractivity (Wildman–Crippen MR) is 136 cm³/mol. The second-order valence-corrected chi connectivity index (χ2v) is 9.38. The summed E-state index contributed by atoms with van der Waals surface area (Å²) in [6, 6.07) is 3.54. The molecule has 0 bridgehead atoms. The van der Waals surface area contributed by atoms with Crippen molar-refractivity contribution in [3.63, 3.8) is 0 Å². The molecule has 204 valence electrons. The van der Waals surface area contributed by atoms with Crippen molar-refractivity contribution in [2.45, 2.75) is 25.2 Å². The highest BCUT2D eigenvalue weighted by atomic mass is 35.5. The monoisotopic (exact) mass is 581 g/mol. The van der Waals surface area contributed by atoms with Crippen molar-refractivity contribution < 1.29 is 27.4 Å². The van der Waals surface area contributed by atoms with Gasteiger partial charge in [-0.25, -0.2) is 4.98 Å². The number of fused-ring (bicyclic) bond motifs is 1. The summed E-state index contributed by atoms with van der Waals surface area (Å²) in [5.74, 6) is -0.414. The SMILES string of the molecule is Cn1c(Nc2c(Cl)cncc2Cl)nc2cc(C(=O)NCc3ncccc3C(F)(F)F)c(OC3CCOC3)nc21. The minimum atomic E-state index is -4.62. The fourth-order valence-corrected chi connectivity index (χ4v) is 4.42. The number of imidazole rings is 1. The Hall–Kier alpha value is -3.68. The number of aromatic nitrogens is 5. The van der Waals surface area contributed by atoms with E-state index < -0.39 is 24.2 Å². The zero-order valence-electron chi connectivity index (χ0n) is 20.2. The van der Waals surface area contributed by atoms with E-state index in [1.165, 1.54) is 30.7 Å². The summed E-state index contributed by atoms with van der Waals surface area (Å²) < 4.78 is 53.1. The number of alkyl halides is 3. The van der Waals surface area contributed by atoms with Gasteiger partial charge >= 0.3 is 6.18 Å². The van der Waals surface area contributed by atoms with Crippen LogP contribution < -0.4 is 15.4 Å². The third kappa shape index (κ3) is 5.70. The molecule has 10 nitrogen and oxygen atoms in total. The average molecular weight is 582 g/mol. The summed E-state index contributed by atoms with van der Waals surface area (Å²) in [6.07, 6.45) is -0.330. The number of nitrogens with one attached hydrogen (secondary N) is 2. The number of amides is 1. The lowest BCUT2D eigenvalue weighted by Gasteiger charge is -2.16. The molecule has 1 aliphatic rings. The molecule has 4 aromatic rings. The first kappa shape index (κ1) is 26.9. The van der Waals surface area contributed by atoms with Crippen molar-refractivity contribution in [1.82, 2.24) is 29.8 Å². The van der Waals surface area contributed by atoms with Crippen molar-refractivity contribution in [2.24, 2.45) is 7.05 Å². The summed E-state index contributed by atoms with van der Waals surface area (Å²) >= 11 is 12.4. The van der Waals surface area contributed by atoms with E-state index in [2.05, 4.69) is 30.6 Å². The molecular weight excluding hydrogens is 562 g/mol. The lowest BCUT2D eigenvalue weighted by molar-refractivity contribution is -0.138. The Morgan fingerprint density at radius 1 is 1.26 bits per heavy atom. The first-order valence-corrected chi connectivity index (χ1v) is 12.3. The summed E-state index contributed by atoms with van der Waals surface area (Å²) in [4.78, 5) is 30.0. The number of aryl methyl sites for hydroxylation is 1. The molecule has 39 heavy (non-hydrogen) atoms. The van der Waals surface area contributed by atoms with Gasteiger partial charge in [0.05, 0.1) is 46.7 Å². The smallest absolute Gasteiger partial charge is 0.418 e. The van der Waals surface area contributed by atoms with Crippen LogP contribution in [0.4, 0.5) is 24.8 Å². The van der Waals surface area contributed by atoms with Crippen LogP contribution in [0.25, 0.3) is 11.2 Å². The lowest BCUT2D eigenvalue weighted by atomic mass is 10.1. The molecule has 1 unspecified atom stereocenters. The largest absolute Gasteiger partial charge is 0.471 e. The Balaban J connectivity index is 1.49. The van der Waals surface area contributed by atoms with Crippen LogP contribution in [0, 0.1) is 0 Å². The van der Waals surface area contributed by atoms with Crippen LogP contribution in [0.1, 0.15) is 28.0 Å². The number of hydrogen-bond acceptors (Lipinski definition) is 8. The maximum atomic E-state index is 13.4. The van der Waals surface area contributed by atoms with Crippen LogP contribution in [0.3, 0.4) is 0 Å². The molecular formula is C24H20Cl2F3N7O3. The van der Waals surface area contributed by atoms with Gasteiger partial charge in [0.2, 0.25) is 11.8 Å². The minimum Gasteiger partial charge on any atom is -0.471 e. The van der Waals surface area contributed by atoms with Gasteiger partial charge in [-0.05, 0) is 18.2 Å². The van der Waals surface area contributed by atoms with Crippen LogP contribution in [0.5, 0.6) is 5.88 Å². The number of carbonyl (C=O) groups is 1. The van der Waals surface area contributed by atoms with Crippen molar-refractivity contribution in [2.75, 3.05) is 18.5 Å². The zero-order valence-corrected chi connectivity index (χ0v) is 21.7. The topological polar surface area (TPSA) is 116 Å². The molecule has 0 saturated carbocycles. The summed E-state index contributed by atoms with van der Waals surface area (Å²) in [7, 11) is 1.69. The molecule has 1 aliphatic heterocycles. The third-order valence-electron chi connectivity index (χ3n) is 5.92. The molecule has 1 saturated heterocycles. The van der Waals surface area contributed by atoms with Gasteiger partial charge in [0.25, 0.3) is 5.91 Å². The number of rotatable bonds is 7. The van der Waals surface area contributed by atoms with E-state index in [0.717, 1.165) is 6.07 Å². The molecule has 15 heteroatoms. The van der Waals surface area contributed by atoms with Gasteiger partial charge in [0.1, 0.15) is 17.2 Å². The van der Waals surface area contributed by atoms with E-state index in [4.69, 9.17) is 32.7 Å². The molecule has 0 spiro atoms. The summed E-state index contributed by atoms with van der Waals surface area (Å²) in [5.41, 5.74) is -0.214. The van der Waals surface area contributed by atoms with E-state index in [0.29, 0.717) is 42.4 Å². The normalized spacial score (nSPS) is 15.5. The fraction of sp³-hybridized carbons (Fsp3) is 0.292. The van der Waals surface area contributed by atoms with Crippen molar-refractivity contribution in [1.29, 1.82) is 0 Å². The van der Waals surface area contributed by atoms with Gasteiger partial charge in [0.15, 0.2) is 5.65 Å². The average Bonchev–Trinajstić information content (AvgIpc) is 3.52. The second kappa shape index (κ2) is 10.8. The lowest BCUT2D eigenvalue weighted by Crippen LogP contribution is -2.27. The summed E-state index contributed by atoms with van der Waals surface area (Å²) in [6.45, 7) is 0.328. The van der Waals surface area contributed by atoms with Crippen molar-refractivity contribution in [3.8, 4) is 5.88 Å². The van der Waals surface area contributed by atoms with E-state index in [1.807, 2.05) is 0 Å². The van der Waals surface area contributed by atoms with Crippen LogP contribution in [0.2, 0.25) is 10.0 Å².